The summed E-state index contributed by atoms with van der Waals surface area (Å²) in [5.74, 6) is 0. The molecule has 2 heteroatoms. The van der Waals surface area contributed by atoms with E-state index in [-0.39, 0.29) is 0 Å². The van der Waals surface area contributed by atoms with Gasteiger partial charge in [0.05, 0.1) is 5.52 Å². The van der Waals surface area contributed by atoms with E-state index in [1.807, 2.05) is 12.1 Å². The maximum absolute atomic E-state index is 5.81. The van der Waals surface area contributed by atoms with Crippen LogP contribution in [0.15, 0.2) is 54.6 Å². The zero-order valence-corrected chi connectivity index (χ0v) is 11.2. The van der Waals surface area contributed by atoms with Crippen molar-refractivity contribution < 1.29 is 0 Å². The van der Waals surface area contributed by atoms with Crippen LogP contribution in [0.3, 0.4) is 0 Å². The number of hydrogen-bond acceptors (Lipinski definition) is 1. The van der Waals surface area contributed by atoms with Gasteiger partial charge in [0, 0.05) is 22.5 Å². The van der Waals surface area contributed by atoms with Gasteiger partial charge in [-0.1, -0.05) is 24.3 Å². The molecule has 20 heavy (non-hydrogen) atoms. The molecule has 0 atom stereocenters. The van der Waals surface area contributed by atoms with Crippen molar-refractivity contribution >= 4 is 22.7 Å². The Morgan fingerprint density at radius 1 is 0.950 bits per heavy atom. The van der Waals surface area contributed by atoms with E-state index in [1.165, 1.54) is 27.8 Å². The van der Waals surface area contributed by atoms with Crippen molar-refractivity contribution in [1.29, 1.82) is 0 Å². The summed E-state index contributed by atoms with van der Waals surface area (Å²) in [4.78, 5) is 0. The summed E-state index contributed by atoms with van der Waals surface area (Å²) >= 11 is 0. The number of nitrogen functional groups attached to an aromatic ring is 1. The van der Waals surface area contributed by atoms with Gasteiger partial charge in [-0.3, -0.25) is 0 Å². The number of aromatic nitrogens is 1. The van der Waals surface area contributed by atoms with Crippen LogP contribution in [0.25, 0.3) is 22.7 Å². The molecule has 98 valence electrons. The second-order valence-corrected chi connectivity index (χ2v) is 5.25. The Morgan fingerprint density at radius 2 is 1.75 bits per heavy atom. The molecule has 0 unspecified atom stereocenters. The molecular weight excluding hydrogens is 244 g/mol. The number of nitrogens with two attached hydrogens (primary N) is 1. The lowest BCUT2D eigenvalue weighted by Crippen LogP contribution is -2.00. The van der Waals surface area contributed by atoms with Crippen LogP contribution in [0, 0.1) is 0 Å². The largest absolute Gasteiger partial charge is 0.399 e. The molecule has 1 aliphatic rings. The lowest BCUT2D eigenvalue weighted by atomic mass is 10.0. The predicted molar refractivity (Wildman–Crippen MR) is 85.0 cm³/mol. The fourth-order valence-electron chi connectivity index (χ4n) is 3.09. The van der Waals surface area contributed by atoms with E-state index >= 15 is 0 Å². The first kappa shape index (κ1) is 11.4. The summed E-state index contributed by atoms with van der Waals surface area (Å²) in [5, 5.41) is 1.36. The minimum absolute atomic E-state index is 0.801. The molecule has 3 aromatic rings. The topological polar surface area (TPSA) is 30.9 Å². The molecule has 0 saturated heterocycles. The zero-order chi connectivity index (χ0) is 13.5. The van der Waals surface area contributed by atoms with E-state index in [4.69, 9.17) is 5.73 Å². The summed E-state index contributed by atoms with van der Waals surface area (Å²) in [6.07, 6.45) is 6.75. The van der Waals surface area contributed by atoms with E-state index in [9.17, 15) is 0 Å². The van der Waals surface area contributed by atoms with Gasteiger partial charge in [-0.15, -0.1) is 0 Å². The highest BCUT2D eigenvalue weighted by molar-refractivity contribution is 5.90. The van der Waals surface area contributed by atoms with Crippen LogP contribution < -0.4 is 5.73 Å². The Hall–Kier alpha value is -2.48. The van der Waals surface area contributed by atoms with Crippen LogP contribution in [-0.2, 0) is 6.42 Å². The van der Waals surface area contributed by atoms with E-state index in [0.29, 0.717) is 0 Å². The lowest BCUT2D eigenvalue weighted by molar-refractivity contribution is 0.968. The third kappa shape index (κ3) is 1.58. The number of para-hydroxylation sites is 1. The molecule has 0 fully saturated rings. The lowest BCUT2D eigenvalue weighted by Gasteiger charge is -2.12. The van der Waals surface area contributed by atoms with Gasteiger partial charge in [-0.25, -0.2) is 0 Å². The summed E-state index contributed by atoms with van der Waals surface area (Å²) in [6, 6.07) is 16.7. The minimum atomic E-state index is 0.801. The molecule has 2 aromatic carbocycles. The highest BCUT2D eigenvalue weighted by atomic mass is 15.0. The van der Waals surface area contributed by atoms with E-state index in [1.54, 1.807) is 0 Å². The number of benzene rings is 2. The molecule has 4 rings (SSSR count). The molecule has 1 aliphatic carbocycles. The highest BCUT2D eigenvalue weighted by Gasteiger charge is 2.17. The Balaban J connectivity index is 2.08. The second kappa shape index (κ2) is 4.27. The number of fused-ring (bicyclic) bond motifs is 3. The van der Waals surface area contributed by atoms with Gasteiger partial charge in [-0.05, 0) is 54.8 Å². The maximum Gasteiger partial charge on any atom is 0.0537 e. The molecular formula is C18H16N2. The van der Waals surface area contributed by atoms with Crippen molar-refractivity contribution in [3.63, 3.8) is 0 Å². The summed E-state index contributed by atoms with van der Waals surface area (Å²) in [6.45, 7) is 0. The average molecular weight is 260 g/mol. The second-order valence-electron chi connectivity index (χ2n) is 5.25. The minimum Gasteiger partial charge on any atom is -0.399 e. The van der Waals surface area contributed by atoms with Crippen LogP contribution in [0.5, 0.6) is 0 Å². The molecule has 2 N–H and O–H groups in total. The van der Waals surface area contributed by atoms with Crippen LogP contribution in [0.4, 0.5) is 5.69 Å². The van der Waals surface area contributed by atoms with Gasteiger partial charge in [0.15, 0.2) is 0 Å². The van der Waals surface area contributed by atoms with E-state index in [2.05, 4.69) is 53.1 Å². The first-order valence-corrected chi connectivity index (χ1v) is 6.99. The predicted octanol–water partition coefficient (Wildman–Crippen LogP) is 4.17. The molecule has 0 radical (unpaired) electrons. The standard InChI is InChI=1S/C18H16N2/c19-13-9-11-14(12-10-13)20-17-7-3-1-5-15(17)16-6-2-4-8-18(16)20/h1,3-5,7-12H,2,6,19H2. The average Bonchev–Trinajstić information content (AvgIpc) is 2.83. The summed E-state index contributed by atoms with van der Waals surface area (Å²) in [5.41, 5.74) is 11.8. The molecule has 0 bridgehead atoms. The van der Waals surface area contributed by atoms with Crippen LogP contribution in [-0.4, -0.2) is 4.57 Å². The number of hydrogen-bond donors (Lipinski definition) is 1. The van der Waals surface area contributed by atoms with Crippen molar-refractivity contribution in [2.75, 3.05) is 5.73 Å². The fraction of sp³-hybridized carbons (Fsp3) is 0.111. The van der Waals surface area contributed by atoms with E-state index < -0.39 is 0 Å². The van der Waals surface area contributed by atoms with Crippen molar-refractivity contribution in [2.45, 2.75) is 12.8 Å². The summed E-state index contributed by atoms with van der Waals surface area (Å²) < 4.78 is 2.33. The first-order chi connectivity index (χ1) is 9.84. The van der Waals surface area contributed by atoms with Crippen LogP contribution in [0.2, 0.25) is 0 Å². The Labute approximate surface area is 118 Å². The Morgan fingerprint density at radius 3 is 2.60 bits per heavy atom. The van der Waals surface area contributed by atoms with Crippen LogP contribution in [0.1, 0.15) is 17.7 Å². The third-order valence-electron chi connectivity index (χ3n) is 4.01. The molecule has 1 aromatic heterocycles. The molecule has 2 nitrogen and oxygen atoms in total. The fourth-order valence-corrected chi connectivity index (χ4v) is 3.09. The first-order valence-electron chi connectivity index (χ1n) is 6.99. The quantitative estimate of drug-likeness (QED) is 0.654. The molecule has 0 saturated carbocycles. The van der Waals surface area contributed by atoms with Gasteiger partial charge >= 0.3 is 0 Å². The number of nitrogens with zero attached hydrogens (tertiary/aromatic N) is 1. The number of allylic oxidation sites excluding steroid dienone is 1. The normalized spacial score (nSPS) is 13.6. The van der Waals surface area contributed by atoms with Gasteiger partial charge in [0.2, 0.25) is 0 Å². The van der Waals surface area contributed by atoms with Crippen molar-refractivity contribution in [3.8, 4) is 5.69 Å². The van der Waals surface area contributed by atoms with E-state index in [0.717, 1.165) is 18.5 Å². The molecule has 0 spiro atoms. The molecule has 0 amide bonds. The van der Waals surface area contributed by atoms with Gasteiger partial charge in [0.25, 0.3) is 0 Å². The zero-order valence-electron chi connectivity index (χ0n) is 11.2. The smallest absolute Gasteiger partial charge is 0.0537 e. The highest BCUT2D eigenvalue weighted by Crippen LogP contribution is 2.33. The monoisotopic (exact) mass is 260 g/mol. The SMILES string of the molecule is Nc1ccc(-n2c3c(c4ccccc42)CCC=C3)cc1. The van der Waals surface area contributed by atoms with Gasteiger partial charge in [-0.2, -0.15) is 0 Å². The number of anilines is 1. The van der Waals surface area contributed by atoms with Crippen molar-refractivity contribution in [1.82, 2.24) is 4.57 Å². The number of rotatable bonds is 1. The molecule has 1 heterocycles. The molecule has 0 aliphatic heterocycles. The van der Waals surface area contributed by atoms with Gasteiger partial charge < -0.3 is 10.3 Å². The van der Waals surface area contributed by atoms with Gasteiger partial charge in [0.1, 0.15) is 0 Å². The van der Waals surface area contributed by atoms with Crippen LogP contribution >= 0.6 is 0 Å². The Kier molecular flexibility index (Phi) is 2.43. The summed E-state index contributed by atoms with van der Waals surface area (Å²) in [7, 11) is 0. The van der Waals surface area contributed by atoms with Crippen molar-refractivity contribution in [2.24, 2.45) is 0 Å². The third-order valence-corrected chi connectivity index (χ3v) is 4.01. The number of aryl methyl sites for hydroxylation is 1. The van der Waals surface area contributed by atoms with Crippen molar-refractivity contribution in [3.05, 3.63) is 65.9 Å². The maximum atomic E-state index is 5.81. The Bertz CT molecular complexity index is 807.